The van der Waals surface area contributed by atoms with Gasteiger partial charge in [-0.3, -0.25) is 10.1 Å². The lowest BCUT2D eigenvalue weighted by atomic mass is 10.1. The Bertz CT molecular complexity index is 760. The fraction of sp³-hybridized carbons (Fsp3) is 0.0769. The van der Waals surface area contributed by atoms with Crippen LogP contribution >= 0.6 is 0 Å². The van der Waals surface area contributed by atoms with Crippen LogP contribution in [0.2, 0.25) is 0 Å². The maximum atomic E-state index is 10.9. The molecule has 90 valence electrons. The van der Waals surface area contributed by atoms with Crippen molar-refractivity contribution < 1.29 is 14.1 Å². The average molecular weight is 243 g/mol. The molecule has 5 nitrogen and oxygen atoms in total. The Hall–Kier alpha value is -2.56. The number of nitro groups is 1. The minimum atomic E-state index is -0.443. The van der Waals surface area contributed by atoms with Crippen LogP contribution in [-0.4, -0.2) is 12.0 Å². The Morgan fingerprint density at radius 3 is 2.78 bits per heavy atom. The molecule has 1 heterocycles. The molecule has 0 unspecified atom stereocenters. The number of furan rings is 1. The zero-order chi connectivity index (χ0) is 12.7. The molecule has 5 heteroatoms. The number of non-ortho nitro benzene ring substituents is 1. The molecule has 0 saturated heterocycles. The van der Waals surface area contributed by atoms with Gasteiger partial charge in [0.05, 0.1) is 12.0 Å². The summed E-state index contributed by atoms with van der Waals surface area (Å²) in [6, 6.07) is 10.2. The fourth-order valence-corrected chi connectivity index (χ4v) is 2.03. The quantitative estimate of drug-likeness (QED) is 0.510. The fourth-order valence-electron chi connectivity index (χ4n) is 2.03. The lowest BCUT2D eigenvalue weighted by Crippen LogP contribution is -1.87. The van der Waals surface area contributed by atoms with Crippen LogP contribution in [0.15, 0.2) is 40.8 Å². The summed E-state index contributed by atoms with van der Waals surface area (Å²) < 4.78 is 10.7. The number of benzene rings is 2. The van der Waals surface area contributed by atoms with E-state index in [0.29, 0.717) is 16.9 Å². The number of methoxy groups -OCH3 is 1. The molecule has 0 fully saturated rings. The van der Waals surface area contributed by atoms with E-state index in [1.807, 2.05) is 6.07 Å². The number of hydrogen-bond donors (Lipinski definition) is 0. The third-order valence-electron chi connectivity index (χ3n) is 2.88. The highest BCUT2D eigenvalue weighted by atomic mass is 16.6. The lowest BCUT2D eigenvalue weighted by Gasteiger charge is -1.97. The summed E-state index contributed by atoms with van der Waals surface area (Å²) in [5.41, 5.74) is 0.883. The van der Waals surface area contributed by atoms with Crippen LogP contribution in [0.25, 0.3) is 21.9 Å². The number of ether oxygens (including phenoxy) is 1. The molecule has 0 aliphatic rings. The number of rotatable bonds is 2. The van der Waals surface area contributed by atoms with E-state index < -0.39 is 4.92 Å². The van der Waals surface area contributed by atoms with Gasteiger partial charge in [0.1, 0.15) is 11.3 Å². The zero-order valence-electron chi connectivity index (χ0n) is 9.54. The van der Waals surface area contributed by atoms with Gasteiger partial charge in [-0.2, -0.15) is 0 Å². The summed E-state index contributed by atoms with van der Waals surface area (Å²) in [6.45, 7) is 0. The minimum Gasteiger partial charge on any atom is -0.497 e. The van der Waals surface area contributed by atoms with Crippen LogP contribution in [0.5, 0.6) is 5.75 Å². The van der Waals surface area contributed by atoms with Crippen LogP contribution in [-0.2, 0) is 0 Å². The van der Waals surface area contributed by atoms with Gasteiger partial charge in [-0.15, -0.1) is 0 Å². The van der Waals surface area contributed by atoms with Crippen molar-refractivity contribution in [2.24, 2.45) is 0 Å². The molecule has 2 aromatic carbocycles. The van der Waals surface area contributed by atoms with Gasteiger partial charge >= 0.3 is 5.69 Å². The van der Waals surface area contributed by atoms with Crippen molar-refractivity contribution in [2.45, 2.75) is 0 Å². The first-order valence-corrected chi connectivity index (χ1v) is 5.34. The molecule has 3 rings (SSSR count). The maximum absolute atomic E-state index is 10.9. The average Bonchev–Trinajstić information content (AvgIpc) is 2.75. The summed E-state index contributed by atoms with van der Waals surface area (Å²) in [5.74, 6) is 0.691. The van der Waals surface area contributed by atoms with E-state index in [0.717, 1.165) is 10.8 Å². The molecule has 18 heavy (non-hydrogen) atoms. The second kappa shape index (κ2) is 3.73. The molecule has 0 radical (unpaired) electrons. The number of hydrogen-bond acceptors (Lipinski definition) is 4. The van der Waals surface area contributed by atoms with Crippen molar-refractivity contribution in [3.63, 3.8) is 0 Å². The minimum absolute atomic E-state index is 0.0253. The van der Waals surface area contributed by atoms with Gasteiger partial charge in [-0.05, 0) is 24.3 Å². The molecule has 0 N–H and O–H groups in total. The second-order valence-corrected chi connectivity index (χ2v) is 3.88. The van der Waals surface area contributed by atoms with Crippen molar-refractivity contribution in [3.8, 4) is 5.75 Å². The number of nitro benzene ring substituents is 1. The molecule has 1 aromatic heterocycles. The Morgan fingerprint density at radius 1 is 1.22 bits per heavy atom. The number of para-hydroxylation sites is 1. The van der Waals surface area contributed by atoms with E-state index in [9.17, 15) is 10.1 Å². The predicted octanol–water partition coefficient (Wildman–Crippen LogP) is 3.50. The van der Waals surface area contributed by atoms with Crippen molar-refractivity contribution in [1.82, 2.24) is 0 Å². The van der Waals surface area contributed by atoms with Gasteiger partial charge in [0.15, 0.2) is 0 Å². The van der Waals surface area contributed by atoms with Gasteiger partial charge < -0.3 is 9.15 Å². The zero-order valence-corrected chi connectivity index (χ0v) is 9.54. The van der Waals surface area contributed by atoms with E-state index in [4.69, 9.17) is 9.15 Å². The van der Waals surface area contributed by atoms with Crippen LogP contribution in [0, 0.1) is 10.1 Å². The standard InChI is InChI=1S/C13H9NO4/c1-17-8-5-6-12-10(7-8)9-3-2-4-11(14(15)16)13(9)18-12/h2-7H,1H3. The summed E-state index contributed by atoms with van der Waals surface area (Å²) in [7, 11) is 1.58. The van der Waals surface area contributed by atoms with Crippen LogP contribution in [0.4, 0.5) is 5.69 Å². The van der Waals surface area contributed by atoms with Crippen molar-refractivity contribution >= 4 is 27.6 Å². The first-order chi connectivity index (χ1) is 8.70. The molecule has 0 amide bonds. The molecule has 0 spiro atoms. The molecular weight excluding hydrogens is 234 g/mol. The monoisotopic (exact) mass is 243 g/mol. The normalized spacial score (nSPS) is 10.9. The van der Waals surface area contributed by atoms with Crippen molar-refractivity contribution in [2.75, 3.05) is 7.11 Å². The number of fused-ring (bicyclic) bond motifs is 3. The highest BCUT2D eigenvalue weighted by Crippen LogP contribution is 2.35. The van der Waals surface area contributed by atoms with Gasteiger partial charge in [0.2, 0.25) is 5.58 Å². The van der Waals surface area contributed by atoms with E-state index in [1.165, 1.54) is 6.07 Å². The first-order valence-electron chi connectivity index (χ1n) is 5.34. The van der Waals surface area contributed by atoms with E-state index in [-0.39, 0.29) is 5.69 Å². The Morgan fingerprint density at radius 2 is 2.06 bits per heavy atom. The highest BCUT2D eigenvalue weighted by Gasteiger charge is 2.17. The molecule has 0 bridgehead atoms. The highest BCUT2D eigenvalue weighted by molar-refractivity contribution is 6.08. The van der Waals surface area contributed by atoms with E-state index in [1.54, 1.807) is 31.4 Å². The largest absolute Gasteiger partial charge is 0.497 e. The van der Waals surface area contributed by atoms with E-state index in [2.05, 4.69) is 0 Å². The molecule has 0 atom stereocenters. The SMILES string of the molecule is COc1ccc2oc3c([N+](=O)[O-])cccc3c2c1. The molecule has 0 saturated carbocycles. The predicted molar refractivity (Wildman–Crippen MR) is 66.9 cm³/mol. The molecular formula is C13H9NO4. The van der Waals surface area contributed by atoms with Crippen molar-refractivity contribution in [1.29, 1.82) is 0 Å². The van der Waals surface area contributed by atoms with Crippen LogP contribution in [0.3, 0.4) is 0 Å². The summed E-state index contributed by atoms with van der Waals surface area (Å²) in [6.07, 6.45) is 0. The summed E-state index contributed by atoms with van der Waals surface area (Å²) in [4.78, 5) is 10.5. The van der Waals surface area contributed by atoms with E-state index >= 15 is 0 Å². The molecule has 0 aliphatic heterocycles. The molecule has 3 aromatic rings. The first kappa shape index (κ1) is 10.6. The Balaban J connectivity index is 2.43. The van der Waals surface area contributed by atoms with Crippen molar-refractivity contribution in [3.05, 3.63) is 46.5 Å². The Kier molecular flexibility index (Phi) is 2.19. The smallest absolute Gasteiger partial charge is 0.312 e. The maximum Gasteiger partial charge on any atom is 0.312 e. The Labute approximate surface area is 102 Å². The number of nitrogens with zero attached hydrogens (tertiary/aromatic N) is 1. The van der Waals surface area contributed by atoms with Gasteiger partial charge in [0, 0.05) is 16.8 Å². The second-order valence-electron chi connectivity index (χ2n) is 3.88. The van der Waals surface area contributed by atoms with Crippen LogP contribution < -0.4 is 4.74 Å². The van der Waals surface area contributed by atoms with Gasteiger partial charge in [-0.25, -0.2) is 0 Å². The van der Waals surface area contributed by atoms with Gasteiger partial charge in [0.25, 0.3) is 0 Å². The van der Waals surface area contributed by atoms with Gasteiger partial charge in [-0.1, -0.05) is 6.07 Å². The summed E-state index contributed by atoms with van der Waals surface area (Å²) in [5, 5.41) is 12.5. The summed E-state index contributed by atoms with van der Waals surface area (Å²) >= 11 is 0. The van der Waals surface area contributed by atoms with Crippen LogP contribution in [0.1, 0.15) is 0 Å². The lowest BCUT2D eigenvalue weighted by molar-refractivity contribution is -0.383. The third-order valence-corrected chi connectivity index (χ3v) is 2.88. The topological polar surface area (TPSA) is 65.5 Å². The third kappa shape index (κ3) is 1.41. The molecule has 0 aliphatic carbocycles.